The number of anilines is 3. The summed E-state index contributed by atoms with van der Waals surface area (Å²) in [5, 5.41) is 4.24. The Hall–Kier alpha value is -1.83. The highest BCUT2D eigenvalue weighted by molar-refractivity contribution is 5.41. The number of rotatable bonds is 34. The maximum Gasteiger partial charge on any atom is 0.284 e. The van der Waals surface area contributed by atoms with Crippen LogP contribution in [-0.4, -0.2) is 61.3 Å². The van der Waals surface area contributed by atoms with Gasteiger partial charge in [-0.1, -0.05) is 129 Å². The van der Waals surface area contributed by atoms with Gasteiger partial charge in [0.2, 0.25) is 0 Å². The number of hydroxylamine groups is 1. The third-order valence-corrected chi connectivity index (χ3v) is 7.07. The molecule has 0 fully saturated rings. The van der Waals surface area contributed by atoms with Gasteiger partial charge in [0.25, 0.3) is 17.8 Å². The Morgan fingerprint density at radius 2 is 0.674 bits per heavy atom. The molecule has 0 aliphatic rings. The Morgan fingerprint density at radius 1 is 0.370 bits per heavy atom. The van der Waals surface area contributed by atoms with Crippen LogP contribution in [-0.2, 0) is 28.9 Å². The van der Waals surface area contributed by atoms with Crippen molar-refractivity contribution < 1.29 is 28.9 Å². The number of hydrogen-bond donors (Lipinski definition) is 0. The van der Waals surface area contributed by atoms with Gasteiger partial charge in [-0.15, -0.1) is 0 Å². The van der Waals surface area contributed by atoms with Gasteiger partial charge in [0.1, 0.15) is 6.73 Å². The minimum atomic E-state index is 0.169. The van der Waals surface area contributed by atoms with E-state index in [0.29, 0.717) is 39.6 Å². The molecule has 1 rings (SSSR count). The van der Waals surface area contributed by atoms with Gasteiger partial charge in [0.05, 0.1) is 33.0 Å². The van der Waals surface area contributed by atoms with Crippen molar-refractivity contribution in [2.45, 2.75) is 157 Å². The minimum absolute atomic E-state index is 0.169. The van der Waals surface area contributed by atoms with Gasteiger partial charge >= 0.3 is 0 Å². The molecule has 46 heavy (non-hydrogen) atoms. The highest BCUT2D eigenvalue weighted by atomic mass is 17.0. The van der Waals surface area contributed by atoms with Crippen LogP contribution in [0.15, 0.2) is 0 Å². The predicted molar refractivity (Wildman–Crippen MR) is 185 cm³/mol. The van der Waals surface area contributed by atoms with Crippen molar-refractivity contribution in [1.29, 1.82) is 0 Å². The first kappa shape index (κ1) is 42.2. The van der Waals surface area contributed by atoms with Gasteiger partial charge in [-0.2, -0.15) is 20.0 Å². The third-order valence-electron chi connectivity index (χ3n) is 7.07. The molecule has 1 aromatic rings. The molecule has 0 amide bonds. The SMILES string of the molecule is CCCCCOCN(OCCCCC)c1nc(N(OCCCCC)OCCCCC)nc(N(OCCCCC)OCCCCC)n1. The Morgan fingerprint density at radius 3 is 1.02 bits per heavy atom. The summed E-state index contributed by atoms with van der Waals surface area (Å²) in [6.07, 6.45) is 18.4. The van der Waals surface area contributed by atoms with Crippen molar-refractivity contribution in [3.63, 3.8) is 0 Å². The second-order valence-electron chi connectivity index (χ2n) is 11.6. The fourth-order valence-electron chi connectivity index (χ4n) is 4.20. The average Bonchev–Trinajstić information content (AvgIpc) is 3.07. The van der Waals surface area contributed by atoms with Crippen LogP contribution in [0, 0.1) is 0 Å². The van der Waals surface area contributed by atoms with E-state index in [9.17, 15) is 0 Å². The van der Waals surface area contributed by atoms with Crippen molar-refractivity contribution in [2.75, 3.05) is 61.9 Å². The van der Waals surface area contributed by atoms with Gasteiger partial charge in [-0.25, -0.2) is 19.4 Å². The van der Waals surface area contributed by atoms with Crippen molar-refractivity contribution in [1.82, 2.24) is 15.0 Å². The van der Waals surface area contributed by atoms with Crippen molar-refractivity contribution in [2.24, 2.45) is 0 Å². The standard InChI is InChI=1S/C34H68N6O6/c1-7-13-19-25-41-31-38(42-26-20-14-8-2)32-35-33(39(43-27-21-15-9-3)44-28-22-16-10-4)37-34(36-32)40(45-29-23-17-11-5)46-30-24-18-12-6/h7-31H2,1-6H3. The van der Waals surface area contributed by atoms with E-state index < -0.39 is 0 Å². The predicted octanol–water partition coefficient (Wildman–Crippen LogP) is 9.06. The van der Waals surface area contributed by atoms with Crippen molar-refractivity contribution >= 4 is 17.8 Å². The molecule has 12 nitrogen and oxygen atoms in total. The summed E-state index contributed by atoms with van der Waals surface area (Å²) >= 11 is 0. The lowest BCUT2D eigenvalue weighted by Gasteiger charge is -2.27. The summed E-state index contributed by atoms with van der Waals surface area (Å²) in [7, 11) is 0. The number of ether oxygens (including phenoxy) is 1. The second kappa shape index (κ2) is 30.5. The largest absolute Gasteiger partial charge is 0.359 e. The van der Waals surface area contributed by atoms with Crippen LogP contribution in [0.25, 0.3) is 0 Å². The molecule has 12 heteroatoms. The van der Waals surface area contributed by atoms with Crippen LogP contribution in [0.3, 0.4) is 0 Å². The summed E-state index contributed by atoms with van der Waals surface area (Å²) in [5.41, 5.74) is 0. The van der Waals surface area contributed by atoms with Crippen LogP contribution in [0.5, 0.6) is 0 Å². The summed E-state index contributed by atoms with van der Waals surface area (Å²) in [6, 6.07) is 0. The molecule has 0 bridgehead atoms. The third kappa shape index (κ3) is 20.4. The van der Waals surface area contributed by atoms with E-state index in [4.69, 9.17) is 43.9 Å². The van der Waals surface area contributed by atoms with E-state index in [1.54, 1.807) is 5.06 Å². The molecular weight excluding hydrogens is 588 g/mol. The fraction of sp³-hybridized carbons (Fsp3) is 0.912. The van der Waals surface area contributed by atoms with E-state index >= 15 is 0 Å². The maximum atomic E-state index is 6.21. The number of unbranched alkanes of at least 4 members (excludes halogenated alkanes) is 12. The summed E-state index contributed by atoms with van der Waals surface area (Å²) < 4.78 is 6.03. The van der Waals surface area contributed by atoms with Crippen LogP contribution >= 0.6 is 0 Å². The molecule has 270 valence electrons. The summed E-state index contributed by atoms with van der Waals surface area (Å²) in [6.45, 7) is 16.2. The lowest BCUT2D eigenvalue weighted by molar-refractivity contribution is -0.0992. The average molecular weight is 657 g/mol. The highest BCUT2D eigenvalue weighted by Gasteiger charge is 2.24. The molecule has 0 aliphatic heterocycles. The van der Waals surface area contributed by atoms with E-state index in [-0.39, 0.29) is 24.6 Å². The first-order chi connectivity index (χ1) is 22.6. The summed E-state index contributed by atoms with van der Waals surface area (Å²) in [5.74, 6) is 0.659. The Balaban J connectivity index is 3.49. The molecule has 0 aliphatic carbocycles. The normalized spacial score (nSPS) is 11.3. The molecule has 1 heterocycles. The molecule has 0 spiro atoms. The molecule has 1 aromatic heterocycles. The van der Waals surface area contributed by atoms with Gasteiger partial charge in [-0.3, -0.25) is 4.84 Å². The smallest absolute Gasteiger partial charge is 0.284 e. The van der Waals surface area contributed by atoms with E-state index in [2.05, 4.69) is 41.5 Å². The molecule has 0 saturated carbocycles. The van der Waals surface area contributed by atoms with E-state index in [0.717, 1.165) is 116 Å². The summed E-state index contributed by atoms with van der Waals surface area (Å²) in [4.78, 5) is 45.0. The Bertz CT molecular complexity index is 741. The zero-order valence-electron chi connectivity index (χ0n) is 30.3. The quantitative estimate of drug-likeness (QED) is 0.0401. The number of aromatic nitrogens is 3. The molecule has 0 N–H and O–H groups in total. The van der Waals surface area contributed by atoms with Crippen molar-refractivity contribution in [3.05, 3.63) is 0 Å². The van der Waals surface area contributed by atoms with Crippen LogP contribution < -0.4 is 15.5 Å². The fourth-order valence-corrected chi connectivity index (χ4v) is 4.20. The van der Waals surface area contributed by atoms with Gasteiger partial charge in [0.15, 0.2) is 0 Å². The zero-order valence-corrected chi connectivity index (χ0v) is 30.3. The molecule has 0 atom stereocenters. The number of hydrogen-bond acceptors (Lipinski definition) is 12. The monoisotopic (exact) mass is 657 g/mol. The maximum absolute atomic E-state index is 6.21. The van der Waals surface area contributed by atoms with Crippen LogP contribution in [0.4, 0.5) is 17.8 Å². The molecular formula is C34H68N6O6. The molecule has 0 radical (unpaired) electrons. The van der Waals surface area contributed by atoms with Gasteiger partial charge < -0.3 is 4.74 Å². The first-order valence-corrected chi connectivity index (χ1v) is 18.5. The molecule has 0 unspecified atom stereocenters. The Kier molecular flexibility index (Phi) is 28.0. The van der Waals surface area contributed by atoms with Crippen LogP contribution in [0.1, 0.15) is 157 Å². The van der Waals surface area contributed by atoms with E-state index in [1.807, 2.05) is 0 Å². The molecule has 0 saturated heterocycles. The lowest BCUT2D eigenvalue weighted by atomic mass is 10.3. The van der Waals surface area contributed by atoms with Crippen molar-refractivity contribution in [3.8, 4) is 0 Å². The van der Waals surface area contributed by atoms with Gasteiger partial charge in [0, 0.05) is 6.61 Å². The van der Waals surface area contributed by atoms with Crippen LogP contribution in [0.2, 0.25) is 0 Å². The Labute approximate surface area is 280 Å². The topological polar surface area (TPSA) is 104 Å². The lowest BCUT2D eigenvalue weighted by Crippen LogP contribution is -2.34. The van der Waals surface area contributed by atoms with E-state index in [1.165, 1.54) is 10.5 Å². The highest BCUT2D eigenvalue weighted by Crippen LogP contribution is 2.22. The van der Waals surface area contributed by atoms with Gasteiger partial charge in [-0.05, 0) is 38.5 Å². The first-order valence-electron chi connectivity index (χ1n) is 18.5. The molecule has 0 aromatic carbocycles. The zero-order chi connectivity index (χ0) is 33.5. The second-order valence-corrected chi connectivity index (χ2v) is 11.6. The minimum Gasteiger partial charge on any atom is -0.359 e. The number of nitrogens with zero attached hydrogens (tertiary/aromatic N) is 6.